The lowest BCUT2D eigenvalue weighted by atomic mass is 9.95. The van der Waals surface area contributed by atoms with Crippen molar-refractivity contribution in [1.82, 2.24) is 14.7 Å². The monoisotopic (exact) mass is 326 g/mol. The molecular weight excluding hydrogens is 304 g/mol. The van der Waals surface area contributed by atoms with Gasteiger partial charge in [-0.25, -0.2) is 0 Å². The zero-order valence-corrected chi connectivity index (χ0v) is 13.8. The first-order valence-corrected chi connectivity index (χ1v) is 8.29. The van der Waals surface area contributed by atoms with Crippen molar-refractivity contribution in [2.45, 2.75) is 31.7 Å². The Morgan fingerprint density at radius 2 is 2.00 bits per heavy atom. The minimum atomic E-state index is -0.617. The predicted octanol–water partition coefficient (Wildman–Crippen LogP) is 1.98. The Hall–Kier alpha value is -2.63. The van der Waals surface area contributed by atoms with Crippen LogP contribution in [-0.2, 0) is 23.1 Å². The molecule has 0 aliphatic carbocycles. The van der Waals surface area contributed by atoms with Crippen LogP contribution in [0.4, 0.5) is 5.82 Å². The number of hydrogen-bond acceptors (Lipinski definition) is 3. The van der Waals surface area contributed by atoms with E-state index in [1.807, 2.05) is 18.2 Å². The molecule has 0 spiro atoms. The summed E-state index contributed by atoms with van der Waals surface area (Å²) in [5, 5.41) is 6.66. The van der Waals surface area contributed by atoms with Gasteiger partial charge in [-0.15, -0.1) is 0 Å². The third-order valence-corrected chi connectivity index (χ3v) is 4.35. The summed E-state index contributed by atoms with van der Waals surface area (Å²) in [6, 6.07) is 11.8. The van der Waals surface area contributed by atoms with E-state index in [1.54, 1.807) is 28.9 Å². The van der Waals surface area contributed by atoms with Crippen LogP contribution in [-0.4, -0.2) is 39.1 Å². The van der Waals surface area contributed by atoms with Crippen LogP contribution in [0, 0.1) is 0 Å². The maximum Gasteiger partial charge on any atom is 0.315 e. The molecule has 1 N–H and O–H groups in total. The largest absolute Gasteiger partial charge is 0.331 e. The van der Waals surface area contributed by atoms with Crippen molar-refractivity contribution in [2.75, 3.05) is 11.9 Å². The Balaban J connectivity index is 1.67. The molecule has 1 atom stereocenters. The highest BCUT2D eigenvalue weighted by molar-refractivity contribution is 6.39. The van der Waals surface area contributed by atoms with Crippen LogP contribution in [0.1, 0.15) is 24.8 Å². The van der Waals surface area contributed by atoms with E-state index >= 15 is 0 Å². The molecule has 1 aliphatic rings. The summed E-state index contributed by atoms with van der Waals surface area (Å²) in [5.41, 5.74) is 1.19. The van der Waals surface area contributed by atoms with Crippen molar-refractivity contribution in [2.24, 2.45) is 7.05 Å². The van der Waals surface area contributed by atoms with Gasteiger partial charge in [0.1, 0.15) is 0 Å². The Morgan fingerprint density at radius 3 is 2.71 bits per heavy atom. The number of carbonyl (C=O) groups excluding carboxylic acids is 2. The van der Waals surface area contributed by atoms with E-state index in [-0.39, 0.29) is 6.04 Å². The van der Waals surface area contributed by atoms with Crippen molar-refractivity contribution in [3.05, 3.63) is 48.2 Å². The van der Waals surface area contributed by atoms with Crippen molar-refractivity contribution < 1.29 is 9.59 Å². The lowest BCUT2D eigenvalue weighted by Crippen LogP contribution is -2.49. The standard InChI is InChI=1S/C18H22N4O2/c1-21-12-10-16(20-21)19-17(23)18(24)22-11-6-5-9-15(22)13-14-7-3-2-4-8-14/h2-4,7-8,10,12,15H,5-6,9,11,13H2,1H3,(H,19,20,23)/t15-/m0/s1. The number of hydrogen-bond donors (Lipinski definition) is 1. The van der Waals surface area contributed by atoms with Gasteiger partial charge in [0, 0.05) is 31.9 Å². The van der Waals surface area contributed by atoms with Crippen LogP contribution in [0.15, 0.2) is 42.6 Å². The quantitative estimate of drug-likeness (QED) is 0.877. The molecule has 3 rings (SSSR count). The maximum atomic E-state index is 12.6. The molecular formula is C18H22N4O2. The highest BCUT2D eigenvalue weighted by Crippen LogP contribution is 2.21. The number of likely N-dealkylation sites (tertiary alicyclic amines) is 1. The van der Waals surface area contributed by atoms with Gasteiger partial charge >= 0.3 is 11.8 Å². The Morgan fingerprint density at radius 1 is 1.21 bits per heavy atom. The van der Waals surface area contributed by atoms with E-state index in [0.717, 1.165) is 25.7 Å². The SMILES string of the molecule is Cn1ccc(NC(=O)C(=O)N2CCCC[C@H]2Cc2ccccc2)n1. The molecule has 1 aliphatic heterocycles. The molecule has 2 aromatic rings. The molecule has 24 heavy (non-hydrogen) atoms. The third-order valence-electron chi connectivity index (χ3n) is 4.35. The first-order chi connectivity index (χ1) is 11.6. The van der Waals surface area contributed by atoms with E-state index in [9.17, 15) is 9.59 Å². The summed E-state index contributed by atoms with van der Waals surface area (Å²) < 4.78 is 1.58. The fraction of sp³-hybridized carbons (Fsp3) is 0.389. The number of benzene rings is 1. The van der Waals surface area contributed by atoms with Gasteiger partial charge in [-0.1, -0.05) is 30.3 Å². The number of amides is 2. The highest BCUT2D eigenvalue weighted by Gasteiger charge is 2.31. The van der Waals surface area contributed by atoms with Crippen LogP contribution < -0.4 is 5.32 Å². The number of nitrogens with zero attached hydrogens (tertiary/aromatic N) is 3. The maximum absolute atomic E-state index is 12.6. The third kappa shape index (κ3) is 3.82. The van der Waals surface area contributed by atoms with Gasteiger partial charge in [-0.3, -0.25) is 14.3 Å². The summed E-state index contributed by atoms with van der Waals surface area (Å²) >= 11 is 0. The van der Waals surface area contributed by atoms with E-state index < -0.39 is 11.8 Å². The smallest absolute Gasteiger partial charge is 0.315 e. The first-order valence-electron chi connectivity index (χ1n) is 8.29. The molecule has 2 amide bonds. The number of carbonyl (C=O) groups is 2. The average molecular weight is 326 g/mol. The first kappa shape index (κ1) is 16.2. The minimum absolute atomic E-state index is 0.0723. The number of rotatable bonds is 3. The zero-order chi connectivity index (χ0) is 16.9. The van der Waals surface area contributed by atoms with Crippen LogP contribution >= 0.6 is 0 Å². The lowest BCUT2D eigenvalue weighted by molar-refractivity contribution is -0.145. The van der Waals surface area contributed by atoms with Crippen molar-refractivity contribution >= 4 is 17.6 Å². The second kappa shape index (κ2) is 7.29. The molecule has 6 heteroatoms. The van der Waals surface area contributed by atoms with Crippen LogP contribution in [0.2, 0.25) is 0 Å². The summed E-state index contributed by atoms with van der Waals surface area (Å²) in [5.74, 6) is -0.692. The van der Waals surface area contributed by atoms with Crippen LogP contribution in [0.3, 0.4) is 0 Å². The summed E-state index contributed by atoms with van der Waals surface area (Å²) in [4.78, 5) is 26.6. The van der Waals surface area contributed by atoms with Gasteiger partial charge in [0.25, 0.3) is 0 Å². The molecule has 1 saturated heterocycles. The molecule has 1 aromatic heterocycles. The Bertz CT molecular complexity index is 711. The molecule has 126 valence electrons. The number of anilines is 1. The highest BCUT2D eigenvalue weighted by atomic mass is 16.2. The summed E-state index contributed by atoms with van der Waals surface area (Å²) in [6.07, 6.45) is 5.46. The van der Waals surface area contributed by atoms with Gasteiger partial charge in [0.2, 0.25) is 0 Å². The van der Waals surface area contributed by atoms with Gasteiger partial charge in [0.05, 0.1) is 0 Å². The van der Waals surface area contributed by atoms with Gasteiger partial charge in [-0.05, 0) is 31.2 Å². The number of aromatic nitrogens is 2. The predicted molar refractivity (Wildman–Crippen MR) is 91.3 cm³/mol. The van der Waals surface area contributed by atoms with Gasteiger partial charge in [0.15, 0.2) is 5.82 Å². The normalized spacial score (nSPS) is 17.5. The molecule has 0 unspecified atom stereocenters. The number of nitrogens with one attached hydrogen (secondary N) is 1. The van der Waals surface area contributed by atoms with Crippen molar-refractivity contribution in [1.29, 1.82) is 0 Å². The number of aryl methyl sites for hydroxylation is 1. The zero-order valence-electron chi connectivity index (χ0n) is 13.8. The fourth-order valence-corrected chi connectivity index (χ4v) is 3.15. The van der Waals surface area contributed by atoms with Gasteiger partial charge in [-0.2, -0.15) is 5.10 Å². The van der Waals surface area contributed by atoms with E-state index in [0.29, 0.717) is 12.4 Å². The van der Waals surface area contributed by atoms with Gasteiger partial charge < -0.3 is 10.2 Å². The van der Waals surface area contributed by atoms with Crippen LogP contribution in [0.5, 0.6) is 0 Å². The van der Waals surface area contributed by atoms with E-state index in [1.165, 1.54) is 5.56 Å². The summed E-state index contributed by atoms with van der Waals surface area (Å²) in [7, 11) is 1.76. The molecule has 0 bridgehead atoms. The molecule has 6 nitrogen and oxygen atoms in total. The second-order valence-electron chi connectivity index (χ2n) is 6.17. The summed E-state index contributed by atoms with van der Waals surface area (Å²) in [6.45, 7) is 0.631. The Kier molecular flexibility index (Phi) is 4.93. The fourth-order valence-electron chi connectivity index (χ4n) is 3.15. The lowest BCUT2D eigenvalue weighted by Gasteiger charge is -2.35. The van der Waals surface area contributed by atoms with E-state index in [2.05, 4.69) is 22.5 Å². The molecule has 0 radical (unpaired) electrons. The molecule has 1 fully saturated rings. The average Bonchev–Trinajstić information content (AvgIpc) is 3.00. The van der Waals surface area contributed by atoms with Crippen LogP contribution in [0.25, 0.3) is 0 Å². The molecule has 1 aromatic carbocycles. The topological polar surface area (TPSA) is 67.2 Å². The Labute approximate surface area is 141 Å². The second-order valence-corrected chi connectivity index (χ2v) is 6.17. The van der Waals surface area contributed by atoms with E-state index in [4.69, 9.17) is 0 Å². The molecule has 0 saturated carbocycles. The minimum Gasteiger partial charge on any atom is -0.331 e. The van der Waals surface area contributed by atoms with Crippen molar-refractivity contribution in [3.8, 4) is 0 Å². The molecule has 2 heterocycles. The van der Waals surface area contributed by atoms with Crippen molar-refractivity contribution in [3.63, 3.8) is 0 Å². The number of piperidine rings is 1.